The monoisotopic (exact) mass is 412 g/mol. The Morgan fingerprint density at radius 3 is 2.76 bits per heavy atom. The lowest BCUT2D eigenvalue weighted by molar-refractivity contribution is -0.131. The van der Waals surface area contributed by atoms with Crippen molar-refractivity contribution in [3.05, 3.63) is 34.7 Å². The van der Waals surface area contributed by atoms with Crippen molar-refractivity contribution in [1.29, 1.82) is 0 Å². The minimum atomic E-state index is -0.732. The fraction of sp³-hybridized carbons (Fsp3) is 0.429. The number of urea groups is 1. The van der Waals surface area contributed by atoms with Crippen LogP contribution in [-0.2, 0) is 9.59 Å². The standard InChI is InChI=1S/C21H24N4O3S/c1-13-5-6-15(14(2)11-13)16-12-29-19(22-16)23-17(26)7-10-25-18(27)21(24-20(25)28)8-3-4-9-21/h5-6,11-12H,3-4,7-10H2,1-2H3,(H,24,28)(H,22,23,26). The van der Waals surface area contributed by atoms with Crippen molar-refractivity contribution in [1.82, 2.24) is 15.2 Å². The molecule has 2 N–H and O–H groups in total. The van der Waals surface area contributed by atoms with Gasteiger partial charge in [-0.25, -0.2) is 9.78 Å². The summed E-state index contributed by atoms with van der Waals surface area (Å²) < 4.78 is 0. The van der Waals surface area contributed by atoms with E-state index in [0.717, 1.165) is 29.7 Å². The van der Waals surface area contributed by atoms with Crippen LogP contribution in [-0.4, -0.2) is 39.8 Å². The number of aryl methyl sites for hydroxylation is 2. The number of anilines is 1. The van der Waals surface area contributed by atoms with Gasteiger partial charge in [-0.15, -0.1) is 11.3 Å². The highest BCUT2D eigenvalue weighted by molar-refractivity contribution is 7.14. The van der Waals surface area contributed by atoms with Crippen molar-refractivity contribution in [2.45, 2.75) is 51.5 Å². The molecule has 0 bridgehead atoms. The van der Waals surface area contributed by atoms with Crippen molar-refractivity contribution in [2.75, 3.05) is 11.9 Å². The van der Waals surface area contributed by atoms with Gasteiger partial charge in [-0.1, -0.05) is 36.6 Å². The summed E-state index contributed by atoms with van der Waals surface area (Å²) in [5, 5.41) is 8.03. The molecule has 2 aliphatic rings. The lowest BCUT2D eigenvalue weighted by Crippen LogP contribution is -2.44. The van der Waals surface area contributed by atoms with E-state index in [1.165, 1.54) is 21.8 Å². The van der Waals surface area contributed by atoms with Crippen LogP contribution >= 0.6 is 11.3 Å². The first-order valence-corrected chi connectivity index (χ1v) is 10.7. The van der Waals surface area contributed by atoms with E-state index < -0.39 is 11.6 Å². The molecule has 0 radical (unpaired) electrons. The smallest absolute Gasteiger partial charge is 0.323 e. The van der Waals surface area contributed by atoms with E-state index in [9.17, 15) is 14.4 Å². The molecule has 4 amide bonds. The Kier molecular flexibility index (Phi) is 5.12. The molecular weight excluding hydrogens is 388 g/mol. The molecule has 0 unspecified atom stereocenters. The van der Waals surface area contributed by atoms with E-state index in [1.54, 1.807) is 0 Å². The summed E-state index contributed by atoms with van der Waals surface area (Å²) in [6, 6.07) is 5.77. The average Bonchev–Trinajstić information content (AvgIpc) is 3.36. The predicted molar refractivity (Wildman–Crippen MR) is 112 cm³/mol. The van der Waals surface area contributed by atoms with E-state index in [1.807, 2.05) is 31.4 Å². The van der Waals surface area contributed by atoms with E-state index in [2.05, 4.69) is 21.7 Å². The Morgan fingerprint density at radius 1 is 1.28 bits per heavy atom. The Bertz CT molecular complexity index is 978. The van der Waals surface area contributed by atoms with Crippen molar-refractivity contribution in [3.8, 4) is 11.3 Å². The minimum absolute atomic E-state index is 0.0493. The third-order valence-corrected chi connectivity index (χ3v) is 6.43. The summed E-state index contributed by atoms with van der Waals surface area (Å²) in [4.78, 5) is 42.8. The second-order valence-electron chi connectivity index (χ2n) is 7.83. The highest BCUT2D eigenvalue weighted by Gasteiger charge is 2.52. The SMILES string of the molecule is Cc1ccc(-c2csc(NC(=O)CCN3C(=O)NC4(CCCC4)C3=O)n2)c(C)c1. The quantitative estimate of drug-likeness (QED) is 0.734. The summed E-state index contributed by atoms with van der Waals surface area (Å²) in [5.74, 6) is -0.460. The maximum atomic E-state index is 12.6. The van der Waals surface area contributed by atoms with E-state index in [-0.39, 0.29) is 24.8 Å². The molecule has 152 valence electrons. The number of rotatable bonds is 5. The predicted octanol–water partition coefficient (Wildman–Crippen LogP) is 3.62. The van der Waals surface area contributed by atoms with Crippen LogP contribution in [0.4, 0.5) is 9.93 Å². The summed E-state index contributed by atoms with van der Waals surface area (Å²) in [7, 11) is 0. The minimum Gasteiger partial charge on any atom is -0.323 e. The Hall–Kier alpha value is -2.74. The molecule has 7 nitrogen and oxygen atoms in total. The number of carbonyl (C=O) groups is 3. The molecule has 1 saturated heterocycles. The maximum absolute atomic E-state index is 12.6. The first-order chi connectivity index (χ1) is 13.9. The summed E-state index contributed by atoms with van der Waals surface area (Å²) in [5.41, 5.74) is 3.44. The number of benzene rings is 1. The van der Waals surface area contributed by atoms with Gasteiger partial charge in [0.1, 0.15) is 5.54 Å². The van der Waals surface area contributed by atoms with Gasteiger partial charge in [-0.05, 0) is 32.3 Å². The molecule has 2 heterocycles. The van der Waals surface area contributed by atoms with Crippen molar-refractivity contribution < 1.29 is 14.4 Å². The molecular formula is C21H24N4O3S. The van der Waals surface area contributed by atoms with Gasteiger partial charge >= 0.3 is 6.03 Å². The molecule has 1 aromatic heterocycles. The first-order valence-electron chi connectivity index (χ1n) is 9.85. The Morgan fingerprint density at radius 2 is 2.03 bits per heavy atom. The number of hydrogen-bond acceptors (Lipinski definition) is 5. The highest BCUT2D eigenvalue weighted by atomic mass is 32.1. The molecule has 1 spiro atoms. The molecule has 29 heavy (non-hydrogen) atoms. The van der Waals surface area contributed by atoms with Crippen LogP contribution in [0.2, 0.25) is 0 Å². The van der Waals surface area contributed by atoms with Gasteiger partial charge in [0.2, 0.25) is 5.91 Å². The third-order valence-electron chi connectivity index (χ3n) is 5.67. The number of imide groups is 1. The number of hydrogen-bond donors (Lipinski definition) is 2. The van der Waals surface area contributed by atoms with E-state index in [0.29, 0.717) is 18.0 Å². The zero-order valence-corrected chi connectivity index (χ0v) is 17.4. The molecule has 1 aliphatic heterocycles. The van der Waals surface area contributed by atoms with Crippen LogP contribution in [0.5, 0.6) is 0 Å². The summed E-state index contributed by atoms with van der Waals surface area (Å²) in [6.45, 7) is 4.16. The molecule has 0 atom stereocenters. The van der Waals surface area contributed by atoms with Gasteiger partial charge in [0.25, 0.3) is 5.91 Å². The fourth-order valence-corrected chi connectivity index (χ4v) is 4.87. The number of carbonyl (C=O) groups excluding carboxylic acids is 3. The lowest BCUT2D eigenvalue weighted by atomic mass is 9.98. The Labute approximate surface area is 173 Å². The number of amides is 4. The highest BCUT2D eigenvalue weighted by Crippen LogP contribution is 2.35. The van der Waals surface area contributed by atoms with Crippen LogP contribution < -0.4 is 10.6 Å². The Balaban J connectivity index is 1.35. The normalized spacial score (nSPS) is 17.8. The van der Waals surface area contributed by atoms with Crippen molar-refractivity contribution >= 4 is 34.3 Å². The van der Waals surface area contributed by atoms with Crippen LogP contribution in [0.15, 0.2) is 23.6 Å². The topological polar surface area (TPSA) is 91.4 Å². The molecule has 8 heteroatoms. The van der Waals surface area contributed by atoms with Gasteiger partial charge in [0.05, 0.1) is 5.69 Å². The second-order valence-corrected chi connectivity index (χ2v) is 8.69. The molecule has 1 aliphatic carbocycles. The van der Waals surface area contributed by atoms with Crippen molar-refractivity contribution in [3.63, 3.8) is 0 Å². The van der Waals surface area contributed by atoms with Crippen LogP contribution in [0.1, 0.15) is 43.2 Å². The van der Waals surface area contributed by atoms with Gasteiger partial charge in [-0.3, -0.25) is 14.5 Å². The largest absolute Gasteiger partial charge is 0.325 e. The zero-order chi connectivity index (χ0) is 20.6. The summed E-state index contributed by atoms with van der Waals surface area (Å²) in [6.07, 6.45) is 3.29. The van der Waals surface area contributed by atoms with Gasteiger partial charge in [0, 0.05) is 23.9 Å². The number of nitrogens with one attached hydrogen (secondary N) is 2. The molecule has 2 fully saturated rings. The maximum Gasteiger partial charge on any atom is 0.325 e. The van der Waals surface area contributed by atoms with Gasteiger partial charge < -0.3 is 10.6 Å². The molecule has 1 saturated carbocycles. The van der Waals surface area contributed by atoms with Gasteiger partial charge in [-0.2, -0.15) is 0 Å². The van der Waals surface area contributed by atoms with Crippen LogP contribution in [0, 0.1) is 13.8 Å². The number of nitrogens with zero attached hydrogens (tertiary/aromatic N) is 2. The van der Waals surface area contributed by atoms with E-state index in [4.69, 9.17) is 0 Å². The van der Waals surface area contributed by atoms with Gasteiger partial charge in [0.15, 0.2) is 5.13 Å². The molecule has 2 aromatic rings. The molecule has 1 aromatic carbocycles. The fourth-order valence-electron chi connectivity index (χ4n) is 4.15. The zero-order valence-electron chi connectivity index (χ0n) is 16.6. The van der Waals surface area contributed by atoms with Crippen molar-refractivity contribution in [2.24, 2.45) is 0 Å². The molecule has 4 rings (SSSR count). The first kappa shape index (κ1) is 19.6. The average molecular weight is 413 g/mol. The van der Waals surface area contributed by atoms with Crippen LogP contribution in [0.3, 0.4) is 0 Å². The van der Waals surface area contributed by atoms with Crippen LogP contribution in [0.25, 0.3) is 11.3 Å². The van der Waals surface area contributed by atoms with E-state index >= 15 is 0 Å². The number of aromatic nitrogens is 1. The second kappa shape index (κ2) is 7.59. The third kappa shape index (κ3) is 3.76. The number of thiazole rings is 1. The lowest BCUT2D eigenvalue weighted by Gasteiger charge is -2.19. The summed E-state index contributed by atoms with van der Waals surface area (Å²) >= 11 is 1.36.